The van der Waals surface area contributed by atoms with Crippen LogP contribution >= 0.6 is 11.8 Å². The van der Waals surface area contributed by atoms with Crippen molar-refractivity contribution in [1.29, 1.82) is 0 Å². The van der Waals surface area contributed by atoms with Crippen LogP contribution in [-0.4, -0.2) is 50.3 Å². The van der Waals surface area contributed by atoms with Gasteiger partial charge < -0.3 is 20.7 Å². The molecule has 0 spiro atoms. The van der Waals surface area contributed by atoms with Crippen molar-refractivity contribution in [2.45, 2.75) is 43.5 Å². The molecule has 1 heterocycles. The van der Waals surface area contributed by atoms with Crippen LogP contribution in [0.3, 0.4) is 0 Å². The van der Waals surface area contributed by atoms with Crippen LogP contribution in [0.5, 0.6) is 0 Å². The summed E-state index contributed by atoms with van der Waals surface area (Å²) in [6.07, 6.45) is -0.296. The number of aryl methyl sites for hydroxylation is 1. The SMILES string of the molecule is CCc1cccc(CN(C[C@@H](O)[C@@H](N)Cc2cc(F)cc(F)c2)C(=O)CSc2nc(=O)[nH]c3ccccc23)c1. The monoisotopic (exact) mass is 552 g/mol. The number of aromatic nitrogens is 2. The molecule has 10 heteroatoms. The summed E-state index contributed by atoms with van der Waals surface area (Å²) in [7, 11) is 0. The maximum absolute atomic E-state index is 13.6. The molecule has 3 aromatic carbocycles. The minimum Gasteiger partial charge on any atom is -0.390 e. The number of nitrogens with one attached hydrogen (secondary N) is 1. The van der Waals surface area contributed by atoms with Crippen LogP contribution < -0.4 is 11.4 Å². The normalized spacial score (nSPS) is 12.8. The molecule has 39 heavy (non-hydrogen) atoms. The molecule has 1 aromatic heterocycles. The molecule has 4 rings (SSSR count). The van der Waals surface area contributed by atoms with Gasteiger partial charge in [-0.05, 0) is 47.7 Å². The van der Waals surface area contributed by atoms with Gasteiger partial charge in [-0.15, -0.1) is 0 Å². The summed E-state index contributed by atoms with van der Waals surface area (Å²) in [5.74, 6) is -1.75. The highest BCUT2D eigenvalue weighted by molar-refractivity contribution is 8.00. The fraction of sp³-hybridized carbons (Fsp3) is 0.276. The number of hydrogen-bond donors (Lipinski definition) is 3. The summed E-state index contributed by atoms with van der Waals surface area (Å²) in [5.41, 5.74) is 8.62. The second-order valence-electron chi connectivity index (χ2n) is 9.34. The van der Waals surface area contributed by atoms with Gasteiger partial charge in [-0.2, -0.15) is 4.98 Å². The molecule has 4 aromatic rings. The summed E-state index contributed by atoms with van der Waals surface area (Å²) in [6.45, 7) is 2.18. The van der Waals surface area contributed by atoms with Crippen molar-refractivity contribution in [3.63, 3.8) is 0 Å². The van der Waals surface area contributed by atoms with Crippen LogP contribution in [-0.2, 0) is 24.2 Å². The van der Waals surface area contributed by atoms with Gasteiger partial charge in [-0.3, -0.25) is 4.79 Å². The van der Waals surface area contributed by atoms with Crippen molar-refractivity contribution in [3.05, 3.63) is 106 Å². The Kier molecular flexibility index (Phi) is 9.45. The van der Waals surface area contributed by atoms with Crippen molar-refractivity contribution in [2.75, 3.05) is 12.3 Å². The molecule has 204 valence electrons. The fourth-order valence-corrected chi connectivity index (χ4v) is 5.25. The van der Waals surface area contributed by atoms with Crippen LogP contribution in [0.1, 0.15) is 23.6 Å². The Morgan fingerprint density at radius 1 is 1.05 bits per heavy atom. The Hall–Kier alpha value is -3.60. The number of nitrogens with two attached hydrogens (primary N) is 1. The summed E-state index contributed by atoms with van der Waals surface area (Å²) in [6, 6.07) is 17.3. The number of nitrogens with zero attached hydrogens (tertiary/aromatic N) is 2. The number of aliphatic hydroxyl groups excluding tert-OH is 1. The molecule has 0 saturated carbocycles. The molecule has 0 unspecified atom stereocenters. The van der Waals surface area contributed by atoms with Gasteiger partial charge in [-0.25, -0.2) is 13.6 Å². The Balaban J connectivity index is 1.51. The molecule has 2 atom stereocenters. The number of hydrogen-bond acceptors (Lipinski definition) is 6. The van der Waals surface area contributed by atoms with E-state index < -0.39 is 29.5 Å². The fourth-order valence-electron chi connectivity index (χ4n) is 4.33. The molecular weight excluding hydrogens is 522 g/mol. The van der Waals surface area contributed by atoms with Gasteiger partial charge in [0.25, 0.3) is 0 Å². The first kappa shape index (κ1) is 28.4. The maximum atomic E-state index is 13.6. The second-order valence-corrected chi connectivity index (χ2v) is 10.3. The van der Waals surface area contributed by atoms with Crippen LogP contribution in [0, 0.1) is 11.6 Å². The molecule has 0 radical (unpaired) electrons. The minimum absolute atomic E-state index is 0.0228. The predicted octanol–water partition coefficient (Wildman–Crippen LogP) is 3.82. The van der Waals surface area contributed by atoms with Crippen LogP contribution in [0.25, 0.3) is 10.9 Å². The molecule has 0 aliphatic heterocycles. The lowest BCUT2D eigenvalue weighted by molar-refractivity contribution is -0.130. The van der Waals surface area contributed by atoms with E-state index in [1.54, 1.807) is 12.1 Å². The third kappa shape index (κ3) is 7.72. The van der Waals surface area contributed by atoms with E-state index in [9.17, 15) is 23.5 Å². The largest absolute Gasteiger partial charge is 0.390 e. The van der Waals surface area contributed by atoms with E-state index in [2.05, 4.69) is 9.97 Å². The van der Waals surface area contributed by atoms with Crippen molar-refractivity contribution < 1.29 is 18.7 Å². The lowest BCUT2D eigenvalue weighted by atomic mass is 10.0. The lowest BCUT2D eigenvalue weighted by Crippen LogP contribution is -2.46. The molecule has 0 aliphatic rings. The van der Waals surface area contributed by atoms with Gasteiger partial charge in [0, 0.05) is 30.6 Å². The predicted molar refractivity (Wildman–Crippen MR) is 148 cm³/mol. The molecule has 7 nitrogen and oxygen atoms in total. The van der Waals surface area contributed by atoms with Crippen LogP contribution in [0.15, 0.2) is 76.6 Å². The van der Waals surface area contributed by atoms with E-state index in [-0.39, 0.29) is 31.2 Å². The minimum atomic E-state index is -1.15. The molecule has 0 fully saturated rings. The van der Waals surface area contributed by atoms with E-state index >= 15 is 0 Å². The molecular formula is C29H30F2N4O3S. The number of H-pyrrole nitrogens is 1. The Labute approximate surface area is 229 Å². The Morgan fingerprint density at radius 3 is 2.51 bits per heavy atom. The van der Waals surface area contributed by atoms with Crippen molar-refractivity contribution >= 4 is 28.6 Å². The topological polar surface area (TPSA) is 112 Å². The van der Waals surface area contributed by atoms with Gasteiger partial charge in [-0.1, -0.05) is 61.2 Å². The summed E-state index contributed by atoms with van der Waals surface area (Å²) in [5, 5.41) is 12.1. The van der Waals surface area contributed by atoms with Crippen LogP contribution in [0.2, 0.25) is 0 Å². The van der Waals surface area contributed by atoms with E-state index in [1.807, 2.05) is 43.3 Å². The molecule has 0 bridgehead atoms. The van der Waals surface area contributed by atoms with E-state index in [1.165, 1.54) is 17.0 Å². The average molecular weight is 553 g/mol. The average Bonchev–Trinajstić information content (AvgIpc) is 2.90. The Bertz CT molecular complexity index is 1490. The third-order valence-electron chi connectivity index (χ3n) is 6.36. The molecule has 4 N–H and O–H groups in total. The van der Waals surface area contributed by atoms with Gasteiger partial charge >= 0.3 is 5.69 Å². The van der Waals surface area contributed by atoms with Crippen molar-refractivity contribution in [1.82, 2.24) is 14.9 Å². The first-order chi connectivity index (χ1) is 18.7. The number of amides is 1. The van der Waals surface area contributed by atoms with E-state index in [0.717, 1.165) is 40.8 Å². The van der Waals surface area contributed by atoms with Gasteiger partial charge in [0.15, 0.2) is 0 Å². The quantitative estimate of drug-likeness (QED) is 0.193. The first-order valence-electron chi connectivity index (χ1n) is 12.6. The number of rotatable bonds is 11. The molecule has 0 saturated heterocycles. The molecule has 1 amide bonds. The zero-order valence-electron chi connectivity index (χ0n) is 21.4. The number of fused-ring (bicyclic) bond motifs is 1. The number of halogens is 2. The van der Waals surface area contributed by atoms with E-state index in [4.69, 9.17) is 5.73 Å². The van der Waals surface area contributed by atoms with E-state index in [0.29, 0.717) is 16.1 Å². The summed E-state index contributed by atoms with van der Waals surface area (Å²) in [4.78, 5) is 33.7. The number of aliphatic hydroxyl groups is 1. The highest BCUT2D eigenvalue weighted by Gasteiger charge is 2.24. The zero-order valence-corrected chi connectivity index (χ0v) is 22.3. The number of para-hydroxylation sites is 1. The van der Waals surface area contributed by atoms with Crippen LogP contribution in [0.4, 0.5) is 8.78 Å². The first-order valence-corrected chi connectivity index (χ1v) is 13.6. The lowest BCUT2D eigenvalue weighted by Gasteiger charge is -2.28. The van der Waals surface area contributed by atoms with Gasteiger partial charge in [0.2, 0.25) is 5.91 Å². The summed E-state index contributed by atoms with van der Waals surface area (Å²) >= 11 is 1.14. The number of benzene rings is 3. The highest BCUT2D eigenvalue weighted by atomic mass is 32.2. The van der Waals surface area contributed by atoms with Crippen molar-refractivity contribution in [2.24, 2.45) is 5.73 Å². The van der Waals surface area contributed by atoms with Crippen molar-refractivity contribution in [3.8, 4) is 0 Å². The second kappa shape index (κ2) is 13.0. The van der Waals surface area contributed by atoms with Gasteiger partial charge in [0.05, 0.1) is 17.4 Å². The maximum Gasteiger partial charge on any atom is 0.346 e. The molecule has 0 aliphatic carbocycles. The highest BCUT2D eigenvalue weighted by Crippen LogP contribution is 2.24. The number of carbonyl (C=O) groups is 1. The zero-order chi connectivity index (χ0) is 27.9. The summed E-state index contributed by atoms with van der Waals surface area (Å²) < 4.78 is 27.2. The third-order valence-corrected chi connectivity index (χ3v) is 7.33. The Morgan fingerprint density at radius 2 is 1.77 bits per heavy atom. The number of carbonyl (C=O) groups excluding carboxylic acids is 1. The smallest absolute Gasteiger partial charge is 0.346 e. The van der Waals surface area contributed by atoms with Gasteiger partial charge in [0.1, 0.15) is 16.7 Å². The number of thioether (sulfide) groups is 1. The standard InChI is InChI=1S/C29H30F2N4O3S/c1-2-18-6-5-7-19(10-18)15-35(16-26(36)24(32)13-20-11-21(30)14-22(31)12-20)27(37)17-39-28-23-8-3-4-9-25(23)33-29(38)34-28/h3-12,14,24,26,36H,2,13,15-17,32H2,1H3,(H,33,34,38)/t24-,26+/m0/s1. The number of aromatic amines is 1.